The predicted molar refractivity (Wildman–Crippen MR) is 110 cm³/mol. The molecule has 1 aliphatic carbocycles. The molecule has 3 unspecified atom stereocenters. The van der Waals surface area contributed by atoms with Crippen LogP contribution in [0.4, 0.5) is 0 Å². The largest absolute Gasteiger partial charge is 0.489 e. The quantitative estimate of drug-likeness (QED) is 0.603. The second-order valence-corrected chi connectivity index (χ2v) is 8.57. The van der Waals surface area contributed by atoms with Gasteiger partial charge < -0.3 is 14.2 Å². The molecule has 4 nitrogen and oxygen atoms in total. The van der Waals surface area contributed by atoms with Crippen LogP contribution >= 0.6 is 15.9 Å². The number of hydrogen-bond acceptors (Lipinski definition) is 4. The third-order valence-corrected chi connectivity index (χ3v) is 6.85. The number of ether oxygens (including phenoxy) is 3. The number of rotatable bonds is 5. The molecule has 3 atom stereocenters. The van der Waals surface area contributed by atoms with Crippen molar-refractivity contribution in [2.45, 2.75) is 39.4 Å². The van der Waals surface area contributed by atoms with Crippen LogP contribution < -0.4 is 4.74 Å². The minimum atomic E-state index is -0.192. The second kappa shape index (κ2) is 7.88. The van der Waals surface area contributed by atoms with Crippen LogP contribution in [0.3, 0.4) is 0 Å². The van der Waals surface area contributed by atoms with Crippen molar-refractivity contribution in [2.75, 3.05) is 13.7 Å². The topological polar surface area (TPSA) is 44.8 Å². The fraction of sp³-hybridized carbons (Fsp3) is 0.435. The van der Waals surface area contributed by atoms with Gasteiger partial charge in [-0.15, -0.1) is 0 Å². The highest BCUT2D eigenvalue weighted by Gasteiger charge is 2.48. The third-order valence-electron chi connectivity index (χ3n) is 6.07. The Morgan fingerprint density at radius 1 is 1.25 bits per heavy atom. The minimum absolute atomic E-state index is 0.138. The normalized spacial score (nSPS) is 23.1. The lowest BCUT2D eigenvalue weighted by molar-refractivity contribution is -0.145. The van der Waals surface area contributed by atoms with Crippen LogP contribution in [0, 0.1) is 25.7 Å². The summed E-state index contributed by atoms with van der Waals surface area (Å²) in [5.41, 5.74) is 5.83. The Hall–Kier alpha value is -1.85. The molecule has 1 saturated heterocycles. The van der Waals surface area contributed by atoms with Gasteiger partial charge in [0.05, 0.1) is 12.5 Å². The molecular weight excluding hydrogens is 420 g/mol. The Labute approximate surface area is 174 Å². The molecule has 0 spiro atoms. The Balaban J connectivity index is 1.66. The number of carbonyl (C=O) groups excluding carboxylic acids is 1. The third kappa shape index (κ3) is 3.35. The fourth-order valence-corrected chi connectivity index (χ4v) is 4.99. The van der Waals surface area contributed by atoms with Crippen molar-refractivity contribution in [3.05, 3.63) is 62.6 Å². The van der Waals surface area contributed by atoms with Gasteiger partial charge in [0.25, 0.3) is 0 Å². The highest BCUT2D eigenvalue weighted by atomic mass is 79.9. The number of esters is 1. The fourth-order valence-electron chi connectivity index (χ4n) is 4.59. The SMILES string of the molecule is COCC1C(=O)OC2c3c(C)c(OCc4ccccc4Br)cc(C)c3CCC12. The van der Waals surface area contributed by atoms with Gasteiger partial charge in [0.1, 0.15) is 18.5 Å². The number of methoxy groups -OCH3 is 1. The first-order valence-corrected chi connectivity index (χ1v) is 10.5. The maximum atomic E-state index is 12.4. The van der Waals surface area contributed by atoms with E-state index in [-0.39, 0.29) is 23.9 Å². The van der Waals surface area contributed by atoms with Gasteiger partial charge in [-0.1, -0.05) is 34.1 Å². The van der Waals surface area contributed by atoms with E-state index in [0.717, 1.165) is 39.8 Å². The highest BCUT2D eigenvalue weighted by Crippen LogP contribution is 2.50. The molecule has 148 valence electrons. The van der Waals surface area contributed by atoms with Crippen LogP contribution in [-0.2, 0) is 27.3 Å². The molecule has 5 heteroatoms. The number of carbonyl (C=O) groups is 1. The number of hydrogen-bond donors (Lipinski definition) is 0. The van der Waals surface area contributed by atoms with Crippen molar-refractivity contribution in [3.8, 4) is 5.75 Å². The van der Waals surface area contributed by atoms with E-state index < -0.39 is 0 Å². The first-order valence-electron chi connectivity index (χ1n) is 9.69. The molecule has 1 heterocycles. The van der Waals surface area contributed by atoms with E-state index in [1.807, 2.05) is 18.2 Å². The van der Waals surface area contributed by atoms with E-state index >= 15 is 0 Å². The van der Waals surface area contributed by atoms with E-state index in [2.05, 4.69) is 41.9 Å². The summed E-state index contributed by atoms with van der Waals surface area (Å²) in [5.74, 6) is 0.726. The van der Waals surface area contributed by atoms with Gasteiger partial charge in [-0.2, -0.15) is 0 Å². The molecule has 4 rings (SSSR count). The van der Waals surface area contributed by atoms with E-state index in [0.29, 0.717) is 13.2 Å². The molecule has 0 amide bonds. The van der Waals surface area contributed by atoms with Crippen molar-refractivity contribution in [3.63, 3.8) is 0 Å². The summed E-state index contributed by atoms with van der Waals surface area (Å²) in [6.07, 6.45) is 1.72. The van der Waals surface area contributed by atoms with E-state index in [1.54, 1.807) is 7.11 Å². The standard InChI is InChI=1S/C23H25BrO4/c1-13-10-20(27-11-15-6-4-5-7-19(15)24)14(2)21-16(13)8-9-17-18(12-26-3)23(25)28-22(17)21/h4-7,10,17-18,22H,8-9,11-12H2,1-3H3. The van der Waals surface area contributed by atoms with Crippen LogP contribution in [0.5, 0.6) is 5.75 Å². The molecule has 28 heavy (non-hydrogen) atoms. The molecule has 0 bridgehead atoms. The zero-order valence-electron chi connectivity index (χ0n) is 16.5. The molecule has 2 aliphatic rings. The first kappa shape index (κ1) is 19.5. The average Bonchev–Trinajstić information content (AvgIpc) is 3.00. The van der Waals surface area contributed by atoms with Gasteiger partial charge in [-0.05, 0) is 55.5 Å². The average molecular weight is 445 g/mol. The summed E-state index contributed by atoms with van der Waals surface area (Å²) in [4.78, 5) is 12.4. The molecule has 2 aromatic rings. The lowest BCUT2D eigenvalue weighted by atomic mass is 9.74. The Bertz CT molecular complexity index is 908. The van der Waals surface area contributed by atoms with E-state index in [9.17, 15) is 4.79 Å². The van der Waals surface area contributed by atoms with Crippen molar-refractivity contribution in [1.29, 1.82) is 0 Å². The van der Waals surface area contributed by atoms with E-state index in [1.165, 1.54) is 11.1 Å². The lowest BCUT2D eigenvalue weighted by Gasteiger charge is -2.31. The summed E-state index contributed by atoms with van der Waals surface area (Å²) >= 11 is 3.58. The number of halogens is 1. The van der Waals surface area contributed by atoms with Crippen LogP contribution in [-0.4, -0.2) is 19.7 Å². The van der Waals surface area contributed by atoms with Gasteiger partial charge in [0.15, 0.2) is 0 Å². The van der Waals surface area contributed by atoms with Gasteiger partial charge in [0.2, 0.25) is 0 Å². The lowest BCUT2D eigenvalue weighted by Crippen LogP contribution is -2.26. The zero-order chi connectivity index (χ0) is 19.8. The maximum Gasteiger partial charge on any atom is 0.312 e. The van der Waals surface area contributed by atoms with Gasteiger partial charge in [0, 0.05) is 28.6 Å². The van der Waals surface area contributed by atoms with Gasteiger partial charge in [-0.25, -0.2) is 0 Å². The predicted octanol–water partition coefficient (Wildman–Crippen LogP) is 5.07. The number of fused-ring (bicyclic) bond motifs is 3. The van der Waals surface area contributed by atoms with Crippen LogP contribution in [0.15, 0.2) is 34.8 Å². The molecule has 0 radical (unpaired) electrons. The zero-order valence-corrected chi connectivity index (χ0v) is 18.0. The molecule has 2 aromatic carbocycles. The monoisotopic (exact) mass is 444 g/mol. The smallest absolute Gasteiger partial charge is 0.312 e. The van der Waals surface area contributed by atoms with Crippen LogP contribution in [0.1, 0.15) is 40.3 Å². The van der Waals surface area contributed by atoms with Crippen molar-refractivity contribution < 1.29 is 19.0 Å². The molecule has 0 aromatic heterocycles. The van der Waals surface area contributed by atoms with E-state index in [4.69, 9.17) is 14.2 Å². The molecule has 1 aliphatic heterocycles. The van der Waals surface area contributed by atoms with Crippen molar-refractivity contribution >= 4 is 21.9 Å². The Morgan fingerprint density at radius 3 is 2.79 bits per heavy atom. The number of benzene rings is 2. The highest BCUT2D eigenvalue weighted by molar-refractivity contribution is 9.10. The first-order chi connectivity index (χ1) is 13.5. The van der Waals surface area contributed by atoms with Crippen molar-refractivity contribution in [2.24, 2.45) is 11.8 Å². The number of aryl methyl sites for hydroxylation is 1. The van der Waals surface area contributed by atoms with Gasteiger partial charge in [-0.3, -0.25) is 4.79 Å². The molecule has 0 saturated carbocycles. The van der Waals surface area contributed by atoms with Crippen LogP contribution in [0.25, 0.3) is 0 Å². The van der Waals surface area contributed by atoms with Gasteiger partial charge >= 0.3 is 5.97 Å². The molecule has 1 fully saturated rings. The summed E-state index contributed by atoms with van der Waals surface area (Å²) in [7, 11) is 1.64. The van der Waals surface area contributed by atoms with Crippen molar-refractivity contribution in [1.82, 2.24) is 0 Å². The summed E-state index contributed by atoms with van der Waals surface area (Å²) in [6, 6.07) is 10.2. The minimum Gasteiger partial charge on any atom is -0.489 e. The summed E-state index contributed by atoms with van der Waals surface area (Å²) < 4.78 is 18.4. The Morgan fingerprint density at radius 2 is 2.04 bits per heavy atom. The molecular formula is C23H25BrO4. The summed E-state index contributed by atoms with van der Waals surface area (Å²) in [6.45, 7) is 5.10. The maximum absolute atomic E-state index is 12.4. The van der Waals surface area contributed by atoms with Crippen LogP contribution in [0.2, 0.25) is 0 Å². The Kier molecular flexibility index (Phi) is 5.48. The second-order valence-electron chi connectivity index (χ2n) is 7.71. The molecule has 0 N–H and O–H groups in total. The summed E-state index contributed by atoms with van der Waals surface area (Å²) in [5, 5.41) is 0.